The molecule has 3 aromatic rings. The maximum atomic E-state index is 5.75. The number of hydrogen-bond donors (Lipinski definition) is 2. The van der Waals surface area contributed by atoms with Gasteiger partial charge in [0.25, 0.3) is 0 Å². The van der Waals surface area contributed by atoms with E-state index < -0.39 is 0 Å². The third kappa shape index (κ3) is 3.37. The lowest BCUT2D eigenvalue weighted by molar-refractivity contribution is 0.249. The molecule has 130 valence electrons. The van der Waals surface area contributed by atoms with Crippen molar-refractivity contribution >= 4 is 39.1 Å². The molecule has 0 atom stereocenters. The van der Waals surface area contributed by atoms with Crippen molar-refractivity contribution in [3.8, 4) is 0 Å². The Morgan fingerprint density at radius 3 is 2.88 bits per heavy atom. The Hall–Kier alpha value is -1.67. The van der Waals surface area contributed by atoms with Crippen LogP contribution in [0.4, 0.5) is 5.82 Å². The Labute approximate surface area is 155 Å². The number of thioether (sulfide) groups is 1. The summed E-state index contributed by atoms with van der Waals surface area (Å²) in [5.74, 6) is 7.46. The van der Waals surface area contributed by atoms with E-state index in [1.54, 1.807) is 23.1 Å². The molecule has 0 spiro atoms. The maximum Gasteiger partial charge on any atom is 0.190 e. The number of nitrogens with zero attached hydrogens (tertiary/aromatic N) is 3. The van der Waals surface area contributed by atoms with Gasteiger partial charge in [-0.05, 0) is 23.3 Å². The molecule has 0 amide bonds. The Morgan fingerprint density at radius 1 is 1.28 bits per heavy atom. The summed E-state index contributed by atoms with van der Waals surface area (Å²) in [4.78, 5) is 14.3. The number of nitrogen functional groups attached to an aromatic ring is 1. The fraction of sp³-hybridized carbons (Fsp3) is 0.333. The predicted molar refractivity (Wildman–Crippen MR) is 106 cm³/mol. The Bertz CT molecular complexity index is 878. The van der Waals surface area contributed by atoms with Crippen LogP contribution in [-0.4, -0.2) is 27.2 Å². The quantitative estimate of drug-likeness (QED) is 0.309. The summed E-state index contributed by atoms with van der Waals surface area (Å²) in [6.45, 7) is 5.10. The molecule has 0 bridgehead atoms. The Kier molecular flexibility index (Phi) is 4.89. The van der Waals surface area contributed by atoms with E-state index in [0.29, 0.717) is 0 Å². The molecule has 3 N–H and O–H groups in total. The molecule has 1 aliphatic heterocycles. The summed E-state index contributed by atoms with van der Waals surface area (Å²) in [5, 5.41) is 1.91. The van der Waals surface area contributed by atoms with Crippen molar-refractivity contribution in [2.24, 2.45) is 5.84 Å². The van der Waals surface area contributed by atoms with Crippen LogP contribution in [0.25, 0.3) is 10.2 Å². The van der Waals surface area contributed by atoms with Crippen LogP contribution in [0.5, 0.6) is 0 Å². The first-order chi connectivity index (χ1) is 12.3. The zero-order valence-electron chi connectivity index (χ0n) is 14.2. The highest BCUT2D eigenvalue weighted by Crippen LogP contribution is 2.38. The van der Waals surface area contributed by atoms with Gasteiger partial charge in [0.05, 0.1) is 5.39 Å². The number of thiophene rings is 1. The van der Waals surface area contributed by atoms with Gasteiger partial charge in [-0.3, -0.25) is 4.90 Å². The van der Waals surface area contributed by atoms with Crippen LogP contribution in [0.3, 0.4) is 0 Å². The molecule has 0 saturated carbocycles. The summed E-state index contributed by atoms with van der Waals surface area (Å²) in [5.41, 5.74) is 5.51. The number of hydrazine groups is 1. The van der Waals surface area contributed by atoms with Crippen molar-refractivity contribution in [1.82, 2.24) is 14.9 Å². The second kappa shape index (κ2) is 7.29. The number of fused-ring (bicyclic) bond motifs is 3. The number of nitrogens with two attached hydrogens (primary N) is 1. The van der Waals surface area contributed by atoms with Gasteiger partial charge in [-0.1, -0.05) is 49.0 Å². The summed E-state index contributed by atoms with van der Waals surface area (Å²) in [6.07, 6.45) is 1.01. The number of anilines is 1. The van der Waals surface area contributed by atoms with Gasteiger partial charge >= 0.3 is 0 Å². The highest BCUT2D eigenvalue weighted by Gasteiger charge is 2.24. The Balaban J connectivity index is 1.65. The van der Waals surface area contributed by atoms with Gasteiger partial charge in [0.1, 0.15) is 4.83 Å². The van der Waals surface area contributed by atoms with Crippen LogP contribution < -0.4 is 11.3 Å². The third-order valence-electron chi connectivity index (χ3n) is 4.42. The summed E-state index contributed by atoms with van der Waals surface area (Å²) in [7, 11) is 0. The molecule has 0 unspecified atom stereocenters. The summed E-state index contributed by atoms with van der Waals surface area (Å²) in [6, 6.07) is 10.7. The van der Waals surface area contributed by atoms with Gasteiger partial charge in [-0.15, -0.1) is 11.3 Å². The fourth-order valence-electron chi connectivity index (χ4n) is 3.30. The van der Waals surface area contributed by atoms with E-state index in [9.17, 15) is 0 Å². The molecular weight excluding hydrogens is 350 g/mol. The largest absolute Gasteiger partial charge is 0.308 e. The van der Waals surface area contributed by atoms with Crippen LogP contribution in [0.1, 0.15) is 22.9 Å². The van der Waals surface area contributed by atoms with Crippen molar-refractivity contribution in [3.05, 3.63) is 46.3 Å². The molecule has 0 fully saturated rings. The number of hydrogen-bond acceptors (Lipinski definition) is 7. The smallest absolute Gasteiger partial charge is 0.190 e. The van der Waals surface area contributed by atoms with E-state index in [-0.39, 0.29) is 0 Å². The van der Waals surface area contributed by atoms with Gasteiger partial charge in [-0.25, -0.2) is 15.8 Å². The number of aromatic nitrogens is 2. The second-order valence-corrected chi connectivity index (χ2v) is 8.38. The van der Waals surface area contributed by atoms with Crippen molar-refractivity contribution in [1.29, 1.82) is 0 Å². The standard InChI is InChI=1S/C18H21N5S2/c1-2-24-18-20-16(22-19)15-13-8-9-23(10-12-6-4-3-5-7-12)11-14(13)25-17(15)21-18/h3-7H,2,8-11,19H2,1H3,(H,20,21,22). The molecule has 1 aliphatic rings. The average Bonchev–Trinajstić information content (AvgIpc) is 2.99. The lowest BCUT2D eigenvalue weighted by Gasteiger charge is -2.26. The van der Waals surface area contributed by atoms with Gasteiger partial charge in [0.15, 0.2) is 11.0 Å². The van der Waals surface area contributed by atoms with Gasteiger partial charge in [0.2, 0.25) is 0 Å². The van der Waals surface area contributed by atoms with E-state index in [1.807, 2.05) is 0 Å². The van der Waals surface area contributed by atoms with Crippen molar-refractivity contribution in [3.63, 3.8) is 0 Å². The summed E-state index contributed by atoms with van der Waals surface area (Å²) >= 11 is 3.43. The number of benzene rings is 1. The first kappa shape index (κ1) is 16.8. The van der Waals surface area contributed by atoms with Gasteiger partial charge < -0.3 is 5.43 Å². The Morgan fingerprint density at radius 2 is 2.12 bits per heavy atom. The topological polar surface area (TPSA) is 67.1 Å². The van der Waals surface area contributed by atoms with E-state index in [1.165, 1.54) is 16.0 Å². The van der Waals surface area contributed by atoms with E-state index in [2.05, 4.69) is 52.6 Å². The molecule has 3 heterocycles. The lowest BCUT2D eigenvalue weighted by atomic mass is 10.0. The zero-order valence-corrected chi connectivity index (χ0v) is 15.8. The first-order valence-electron chi connectivity index (χ1n) is 8.46. The zero-order chi connectivity index (χ0) is 17.2. The van der Waals surface area contributed by atoms with E-state index >= 15 is 0 Å². The van der Waals surface area contributed by atoms with E-state index in [4.69, 9.17) is 10.8 Å². The molecule has 2 aromatic heterocycles. The van der Waals surface area contributed by atoms with E-state index in [0.717, 1.165) is 53.0 Å². The highest BCUT2D eigenvalue weighted by molar-refractivity contribution is 7.99. The monoisotopic (exact) mass is 371 g/mol. The molecule has 25 heavy (non-hydrogen) atoms. The predicted octanol–water partition coefficient (Wildman–Crippen LogP) is 3.65. The molecule has 1 aromatic carbocycles. The maximum absolute atomic E-state index is 5.75. The van der Waals surface area contributed by atoms with Gasteiger partial charge in [0, 0.05) is 24.5 Å². The highest BCUT2D eigenvalue weighted by atomic mass is 32.2. The van der Waals surface area contributed by atoms with Crippen LogP contribution >= 0.6 is 23.1 Å². The van der Waals surface area contributed by atoms with Crippen LogP contribution in [0.2, 0.25) is 0 Å². The number of rotatable bonds is 5. The normalized spacial score (nSPS) is 14.6. The minimum atomic E-state index is 0.759. The molecule has 0 saturated heterocycles. The molecule has 0 aliphatic carbocycles. The van der Waals surface area contributed by atoms with Crippen molar-refractivity contribution in [2.75, 3.05) is 17.7 Å². The summed E-state index contributed by atoms with van der Waals surface area (Å²) < 4.78 is 0. The second-order valence-electron chi connectivity index (χ2n) is 6.06. The minimum absolute atomic E-state index is 0.759. The molecule has 4 rings (SSSR count). The van der Waals surface area contributed by atoms with Gasteiger partial charge in [-0.2, -0.15) is 0 Å². The number of nitrogens with one attached hydrogen (secondary N) is 1. The molecule has 5 nitrogen and oxygen atoms in total. The fourth-order valence-corrected chi connectivity index (χ4v) is 5.19. The average molecular weight is 372 g/mol. The first-order valence-corrected chi connectivity index (χ1v) is 10.3. The molecule has 7 heteroatoms. The SMILES string of the molecule is CCSc1nc(NN)c2c3c(sc2n1)CN(Cc1ccccc1)CC3. The van der Waals surface area contributed by atoms with Crippen LogP contribution in [0, 0.1) is 0 Å². The van der Waals surface area contributed by atoms with Crippen LogP contribution in [0.15, 0.2) is 35.5 Å². The molecular formula is C18H21N5S2. The van der Waals surface area contributed by atoms with Crippen LogP contribution in [-0.2, 0) is 19.5 Å². The molecule has 0 radical (unpaired) electrons. The third-order valence-corrected chi connectivity index (χ3v) is 6.26. The lowest BCUT2D eigenvalue weighted by Crippen LogP contribution is -2.29. The van der Waals surface area contributed by atoms with Crippen molar-refractivity contribution < 1.29 is 0 Å². The van der Waals surface area contributed by atoms with Crippen molar-refractivity contribution in [2.45, 2.75) is 31.6 Å². The minimum Gasteiger partial charge on any atom is -0.308 e.